The molecule has 174 valence electrons. The van der Waals surface area contributed by atoms with Gasteiger partial charge >= 0.3 is 0 Å². The van der Waals surface area contributed by atoms with Crippen molar-refractivity contribution in [3.63, 3.8) is 0 Å². The number of hydrogen-bond acceptors (Lipinski definition) is 4. The number of rotatable bonds is 15. The van der Waals surface area contributed by atoms with E-state index in [4.69, 9.17) is 4.74 Å². The highest BCUT2D eigenvalue weighted by Crippen LogP contribution is 2.25. The first kappa shape index (κ1) is 24.1. The van der Waals surface area contributed by atoms with Crippen molar-refractivity contribution < 1.29 is 9.84 Å². The fraction of sp³-hybridized carbons (Fsp3) is 0.556. The Morgan fingerprint density at radius 2 is 1.44 bits per heavy atom. The van der Waals surface area contributed by atoms with Crippen LogP contribution in [0, 0.1) is 0 Å². The van der Waals surface area contributed by atoms with Gasteiger partial charge in [0.1, 0.15) is 28.2 Å². The molecule has 1 aromatic heterocycles. The Morgan fingerprint density at radius 1 is 0.750 bits per heavy atom. The molecule has 0 unspecified atom stereocenters. The van der Waals surface area contributed by atoms with Gasteiger partial charge in [0.05, 0.1) is 6.61 Å². The molecule has 0 fully saturated rings. The minimum absolute atomic E-state index is 0.194. The van der Waals surface area contributed by atoms with Crippen LogP contribution in [0.15, 0.2) is 36.4 Å². The van der Waals surface area contributed by atoms with E-state index in [0.717, 1.165) is 29.6 Å². The van der Waals surface area contributed by atoms with E-state index < -0.39 is 0 Å². The van der Waals surface area contributed by atoms with Crippen molar-refractivity contribution in [3.05, 3.63) is 42.0 Å². The summed E-state index contributed by atoms with van der Waals surface area (Å²) in [6.45, 7) is 5.03. The molecule has 0 atom stereocenters. The lowest BCUT2D eigenvalue weighted by molar-refractivity contribution is 0.318. The average molecular weight is 438 g/mol. The van der Waals surface area contributed by atoms with Gasteiger partial charge in [-0.3, -0.25) is 0 Å². The Kier molecular flexibility index (Phi) is 9.86. The zero-order valence-corrected chi connectivity index (χ0v) is 19.9. The lowest BCUT2D eigenvalue weighted by Crippen LogP contribution is -2.00. The highest BCUT2D eigenvalue weighted by molar-refractivity contribution is 5.75. The maximum Gasteiger partial charge on any atom is 0.143 e. The normalized spacial score (nSPS) is 11.3. The quantitative estimate of drug-likeness (QED) is 0.252. The van der Waals surface area contributed by atoms with E-state index in [2.05, 4.69) is 24.0 Å². The molecule has 32 heavy (non-hydrogen) atoms. The number of ether oxygens (including phenoxy) is 1. The van der Waals surface area contributed by atoms with E-state index in [1.807, 2.05) is 30.3 Å². The van der Waals surface area contributed by atoms with Gasteiger partial charge in [0.15, 0.2) is 0 Å². The summed E-state index contributed by atoms with van der Waals surface area (Å²) in [6.07, 6.45) is 15.3. The fourth-order valence-electron chi connectivity index (χ4n) is 4.01. The Hall–Kier alpha value is -2.56. The minimum atomic E-state index is 0.194. The molecular weight excluding hydrogens is 398 g/mol. The van der Waals surface area contributed by atoms with E-state index in [1.165, 1.54) is 74.6 Å². The molecule has 5 nitrogen and oxygen atoms in total. The van der Waals surface area contributed by atoms with Crippen molar-refractivity contribution in [2.45, 2.75) is 90.9 Å². The summed E-state index contributed by atoms with van der Waals surface area (Å²) in [5.41, 5.74) is 3.39. The van der Waals surface area contributed by atoms with E-state index >= 15 is 0 Å². The van der Waals surface area contributed by atoms with Crippen LogP contribution in [0.4, 0.5) is 0 Å². The number of nitrogens with zero attached hydrogens (tertiary/aromatic N) is 3. The van der Waals surface area contributed by atoms with Crippen LogP contribution in [0.2, 0.25) is 0 Å². The van der Waals surface area contributed by atoms with Gasteiger partial charge in [-0.05, 0) is 49.1 Å². The number of phenols is 1. The molecule has 3 rings (SSSR count). The maximum absolute atomic E-state index is 10.4. The summed E-state index contributed by atoms with van der Waals surface area (Å²) in [5.74, 6) is 0.991. The molecular formula is C27H39N3O2. The fourth-order valence-corrected chi connectivity index (χ4v) is 4.01. The Morgan fingerprint density at radius 3 is 2.16 bits per heavy atom. The molecule has 0 aliphatic rings. The van der Waals surface area contributed by atoms with Gasteiger partial charge in [0.25, 0.3) is 0 Å². The van der Waals surface area contributed by atoms with Crippen molar-refractivity contribution >= 4 is 11.0 Å². The van der Waals surface area contributed by atoms with Gasteiger partial charge in [0, 0.05) is 6.07 Å². The zero-order valence-electron chi connectivity index (χ0n) is 19.9. The van der Waals surface area contributed by atoms with Crippen LogP contribution in [0.5, 0.6) is 11.5 Å². The first-order valence-corrected chi connectivity index (χ1v) is 12.5. The monoisotopic (exact) mass is 437 g/mol. The second kappa shape index (κ2) is 13.1. The van der Waals surface area contributed by atoms with Crippen LogP contribution >= 0.6 is 0 Å². The number of hydrogen-bond donors (Lipinski definition) is 1. The molecule has 0 saturated carbocycles. The van der Waals surface area contributed by atoms with Gasteiger partial charge in [-0.1, -0.05) is 77.7 Å². The van der Waals surface area contributed by atoms with Gasteiger partial charge < -0.3 is 9.84 Å². The van der Waals surface area contributed by atoms with Crippen LogP contribution in [0.1, 0.15) is 90.0 Å². The van der Waals surface area contributed by atoms with Crippen molar-refractivity contribution in [1.82, 2.24) is 15.0 Å². The average Bonchev–Trinajstić information content (AvgIpc) is 3.23. The number of unbranched alkanes of at least 4 members (excludes halogenated alkanes) is 9. The van der Waals surface area contributed by atoms with Crippen LogP contribution < -0.4 is 4.74 Å². The van der Waals surface area contributed by atoms with E-state index in [1.54, 1.807) is 6.07 Å². The number of aromatic nitrogens is 3. The smallest absolute Gasteiger partial charge is 0.143 e. The van der Waals surface area contributed by atoms with E-state index in [9.17, 15) is 5.11 Å². The minimum Gasteiger partial charge on any atom is -0.506 e. The summed E-state index contributed by atoms with van der Waals surface area (Å²) in [5, 5.41) is 19.5. The Balaban J connectivity index is 1.51. The van der Waals surface area contributed by atoms with Crippen molar-refractivity contribution in [2.24, 2.45) is 0 Å². The van der Waals surface area contributed by atoms with Crippen LogP contribution in [-0.4, -0.2) is 26.7 Å². The lowest BCUT2D eigenvalue weighted by atomic mass is 10.0. The molecule has 0 spiro atoms. The third-order valence-electron chi connectivity index (χ3n) is 5.90. The molecule has 1 N–H and O–H groups in total. The number of aromatic hydroxyl groups is 1. The molecule has 0 radical (unpaired) electrons. The Labute approximate surface area is 192 Å². The van der Waals surface area contributed by atoms with E-state index in [-0.39, 0.29) is 5.75 Å². The summed E-state index contributed by atoms with van der Waals surface area (Å²) < 4.78 is 5.70. The summed E-state index contributed by atoms with van der Waals surface area (Å²) >= 11 is 0. The SMILES string of the molecule is CCCCCCCCCCCCc1ccc(O)c(-n2nc3ccc(OCCC)cc3n2)c1. The number of benzene rings is 2. The number of fused-ring (bicyclic) bond motifs is 1. The predicted octanol–water partition coefficient (Wildman–Crippen LogP) is 7.38. The largest absolute Gasteiger partial charge is 0.506 e. The molecule has 0 aliphatic carbocycles. The first-order valence-electron chi connectivity index (χ1n) is 12.5. The molecule has 5 heteroatoms. The second-order valence-electron chi connectivity index (χ2n) is 8.74. The molecule has 0 aliphatic heterocycles. The highest BCUT2D eigenvalue weighted by atomic mass is 16.5. The van der Waals surface area contributed by atoms with Crippen LogP contribution in [-0.2, 0) is 6.42 Å². The Bertz CT molecular complexity index is 951. The molecule has 2 aromatic carbocycles. The summed E-state index contributed by atoms with van der Waals surface area (Å²) in [4.78, 5) is 1.53. The molecule has 3 aromatic rings. The standard InChI is InChI=1S/C27H39N3O2/c1-3-5-6-7-8-9-10-11-12-13-14-22-15-18-27(31)26(20-22)30-28-24-17-16-23(32-19-4-2)21-25(24)29-30/h15-18,20-21,31H,3-14,19H2,1-2H3. The zero-order chi connectivity index (χ0) is 22.6. The number of aryl methyl sites for hydroxylation is 1. The van der Waals surface area contributed by atoms with Gasteiger partial charge in [-0.15, -0.1) is 15.0 Å². The van der Waals surface area contributed by atoms with E-state index in [0.29, 0.717) is 12.3 Å². The first-order chi connectivity index (χ1) is 15.7. The van der Waals surface area contributed by atoms with Crippen molar-refractivity contribution in [1.29, 1.82) is 0 Å². The molecule has 0 bridgehead atoms. The number of phenolic OH excluding ortho intramolecular Hbond substituents is 1. The third kappa shape index (κ3) is 7.25. The van der Waals surface area contributed by atoms with Gasteiger partial charge in [-0.2, -0.15) is 0 Å². The summed E-state index contributed by atoms with van der Waals surface area (Å²) in [7, 11) is 0. The van der Waals surface area contributed by atoms with Crippen molar-refractivity contribution in [3.8, 4) is 17.2 Å². The lowest BCUT2D eigenvalue weighted by Gasteiger charge is -2.07. The molecule has 1 heterocycles. The predicted molar refractivity (Wildman–Crippen MR) is 132 cm³/mol. The van der Waals surface area contributed by atoms with Crippen LogP contribution in [0.25, 0.3) is 16.7 Å². The van der Waals surface area contributed by atoms with Gasteiger partial charge in [-0.25, -0.2) is 0 Å². The third-order valence-corrected chi connectivity index (χ3v) is 5.90. The van der Waals surface area contributed by atoms with Crippen molar-refractivity contribution in [2.75, 3.05) is 6.61 Å². The summed E-state index contributed by atoms with van der Waals surface area (Å²) in [6, 6.07) is 11.5. The highest BCUT2D eigenvalue weighted by Gasteiger charge is 2.11. The molecule has 0 amide bonds. The topological polar surface area (TPSA) is 60.2 Å². The van der Waals surface area contributed by atoms with Gasteiger partial charge in [0.2, 0.25) is 0 Å². The molecule has 0 saturated heterocycles. The second-order valence-corrected chi connectivity index (χ2v) is 8.74. The maximum atomic E-state index is 10.4. The van der Waals surface area contributed by atoms with Crippen LogP contribution in [0.3, 0.4) is 0 Å².